The van der Waals surface area contributed by atoms with Gasteiger partial charge in [0.2, 0.25) is 0 Å². The van der Waals surface area contributed by atoms with E-state index in [0.717, 1.165) is 47.1 Å². The van der Waals surface area contributed by atoms with Crippen LogP contribution >= 0.6 is 11.5 Å². The van der Waals surface area contributed by atoms with Gasteiger partial charge in [0.1, 0.15) is 0 Å². The zero-order chi connectivity index (χ0) is 16.0. The van der Waals surface area contributed by atoms with E-state index in [1.54, 1.807) is 0 Å². The van der Waals surface area contributed by atoms with Crippen molar-refractivity contribution in [3.05, 3.63) is 0 Å². The molecule has 6 fully saturated rings. The summed E-state index contributed by atoms with van der Waals surface area (Å²) in [6, 6.07) is 0. The van der Waals surface area contributed by atoms with Crippen LogP contribution in [-0.4, -0.2) is 6.13 Å². The van der Waals surface area contributed by atoms with Gasteiger partial charge >= 0.3 is 0 Å². The Morgan fingerprint density at radius 3 is 1.36 bits per heavy atom. The predicted octanol–water partition coefficient (Wildman–Crippen LogP) is 6.36. The zero-order valence-electron chi connectivity index (χ0n) is 15.4. The summed E-state index contributed by atoms with van der Waals surface area (Å²) in [6.45, 7) is 15.0. The Hall–Kier alpha value is 0.355. The molecule has 22 heavy (non-hydrogen) atoms. The summed E-state index contributed by atoms with van der Waals surface area (Å²) in [5, 5.41) is 0. The number of rotatable bonds is 2. The fraction of sp³-hybridized carbons (Fsp3) is 1.00. The minimum Gasteiger partial charge on any atom is -0.195 e. The normalized spacial score (nSPS) is 54.1. The van der Waals surface area contributed by atoms with Crippen molar-refractivity contribution in [3.8, 4) is 0 Å². The number of fused-ring (bicyclic) bond motifs is 4. The lowest BCUT2D eigenvalue weighted by molar-refractivity contribution is -0.106. The molecule has 4 bridgehead atoms. The van der Waals surface area contributed by atoms with Crippen LogP contribution in [0, 0.1) is 46.3 Å². The summed E-state index contributed by atoms with van der Waals surface area (Å²) in [5.41, 5.74) is 1.18. The topological polar surface area (TPSA) is 0 Å². The maximum Gasteiger partial charge on any atom is 0.257 e. The lowest BCUT2D eigenvalue weighted by Crippen LogP contribution is -2.58. The fourth-order valence-corrected chi connectivity index (χ4v) is 8.20. The molecule has 0 nitrogen and oxygen atoms in total. The molecule has 0 radical (unpaired) electrons. The smallest absolute Gasteiger partial charge is 0.195 e. The highest BCUT2D eigenvalue weighted by Crippen LogP contribution is 2.69. The van der Waals surface area contributed by atoms with Crippen LogP contribution in [0.5, 0.6) is 0 Å². The third kappa shape index (κ3) is 1.84. The van der Waals surface area contributed by atoms with E-state index >= 15 is 0 Å². The molecule has 6 saturated carbocycles. The third-order valence-corrected chi connectivity index (χ3v) is 10.3. The first-order valence-electron chi connectivity index (χ1n) is 9.79. The number of halogens is 1. The summed E-state index contributed by atoms with van der Waals surface area (Å²) < 4.78 is 0. The van der Waals surface area contributed by atoms with Gasteiger partial charge in [-0.25, -0.2) is 0 Å². The van der Waals surface area contributed by atoms with E-state index in [-0.39, 0.29) is 0 Å². The van der Waals surface area contributed by atoms with Crippen LogP contribution < -0.4 is 0 Å². The van der Waals surface area contributed by atoms with Crippen molar-refractivity contribution in [1.29, 1.82) is 0 Å². The van der Waals surface area contributed by atoms with Gasteiger partial charge < -0.3 is 0 Å². The molecule has 124 valence electrons. The first kappa shape index (κ1) is 15.9. The highest BCUT2D eigenvalue weighted by atomic mass is 35.5. The molecule has 6 aliphatic carbocycles. The molecule has 8 atom stereocenters. The summed E-state index contributed by atoms with van der Waals surface area (Å²) in [5.74, 6) is 7.00. The third-order valence-electron chi connectivity index (χ3n) is 9.64. The second kappa shape index (κ2) is 4.71. The van der Waals surface area contributed by atoms with Crippen LogP contribution in [0.3, 0.4) is 0 Å². The lowest BCUT2D eigenvalue weighted by Gasteiger charge is -2.65. The summed E-state index contributed by atoms with van der Waals surface area (Å²) >= 11 is 7.19. The molecule has 0 aliphatic heterocycles. The van der Waals surface area contributed by atoms with E-state index in [1.807, 2.05) is 0 Å². The molecular formula is C20H34BCl. The van der Waals surface area contributed by atoms with E-state index in [9.17, 15) is 0 Å². The number of hydrogen-bond acceptors (Lipinski definition) is 0. The molecule has 0 aromatic rings. The van der Waals surface area contributed by atoms with Gasteiger partial charge in [0, 0.05) is 0 Å². The molecule has 2 heteroatoms. The minimum absolute atomic E-state index is 0.438. The monoisotopic (exact) mass is 320 g/mol. The van der Waals surface area contributed by atoms with Crippen molar-refractivity contribution < 1.29 is 0 Å². The van der Waals surface area contributed by atoms with Gasteiger partial charge in [0.25, 0.3) is 6.13 Å². The largest absolute Gasteiger partial charge is 0.257 e. The molecule has 0 saturated heterocycles. The quantitative estimate of drug-likeness (QED) is 0.519. The van der Waals surface area contributed by atoms with E-state index in [4.69, 9.17) is 11.5 Å². The van der Waals surface area contributed by atoms with Crippen molar-refractivity contribution in [2.45, 2.75) is 78.9 Å². The standard InChI is InChI=1S/C20H34BCl/c1-11-15-7-13(19(15,3)4)9-17(11)21(22)18-10-14-8-16(12(18)2)20(14,5)6/h11-18H,7-10H2,1-6H3/t11-,12+,13+,14-,15-,16+,17-,18+. The predicted molar refractivity (Wildman–Crippen MR) is 97.4 cm³/mol. The molecule has 6 aliphatic rings. The van der Waals surface area contributed by atoms with Crippen LogP contribution in [0.4, 0.5) is 0 Å². The molecule has 0 aromatic heterocycles. The van der Waals surface area contributed by atoms with Crippen molar-refractivity contribution in [2.75, 3.05) is 0 Å². The first-order chi connectivity index (χ1) is 10.2. The second-order valence-electron chi connectivity index (χ2n) is 10.7. The van der Waals surface area contributed by atoms with E-state index in [0.29, 0.717) is 17.0 Å². The second-order valence-corrected chi connectivity index (χ2v) is 11.2. The fourth-order valence-electron chi connectivity index (χ4n) is 7.54. The molecule has 0 heterocycles. The van der Waals surface area contributed by atoms with Gasteiger partial charge in [0.15, 0.2) is 0 Å². The molecule has 6 rings (SSSR count). The molecule has 0 N–H and O–H groups in total. The Balaban J connectivity index is 1.49. The highest BCUT2D eigenvalue weighted by molar-refractivity contribution is 7.08. The minimum atomic E-state index is 0.438. The van der Waals surface area contributed by atoms with E-state index < -0.39 is 0 Å². The molecule has 0 spiro atoms. The number of hydrogen-bond donors (Lipinski definition) is 0. The van der Waals surface area contributed by atoms with Gasteiger partial charge in [-0.05, 0) is 70.8 Å². The maximum absolute atomic E-state index is 7.19. The van der Waals surface area contributed by atoms with E-state index in [2.05, 4.69) is 41.5 Å². The molecule has 0 unspecified atom stereocenters. The van der Waals surface area contributed by atoms with Gasteiger partial charge in [-0.3, -0.25) is 0 Å². The van der Waals surface area contributed by atoms with Crippen LogP contribution in [-0.2, 0) is 0 Å². The summed E-state index contributed by atoms with van der Waals surface area (Å²) in [6.07, 6.45) is 6.20. The van der Waals surface area contributed by atoms with Gasteiger partial charge in [-0.1, -0.05) is 54.4 Å². The maximum atomic E-state index is 7.19. The Kier molecular flexibility index (Phi) is 3.39. The van der Waals surface area contributed by atoms with Gasteiger partial charge in [0.05, 0.1) is 0 Å². The molecular weight excluding hydrogens is 286 g/mol. The average Bonchev–Trinajstić information content (AvgIpc) is 2.45. The van der Waals surface area contributed by atoms with E-state index in [1.165, 1.54) is 25.7 Å². The highest BCUT2D eigenvalue weighted by Gasteiger charge is 2.62. The SMILES string of the molecule is C[C@@H]1[C@H]2C[C@@H](C[C@H]1B(Cl)[C@H]1C[C@H]3C[C@@H]([C@@H]1C)C3(C)C)C2(C)C. The van der Waals surface area contributed by atoms with Crippen LogP contribution in [0.25, 0.3) is 0 Å². The van der Waals surface area contributed by atoms with Crippen molar-refractivity contribution >= 4 is 17.6 Å². The zero-order valence-corrected chi connectivity index (χ0v) is 16.2. The van der Waals surface area contributed by atoms with Crippen molar-refractivity contribution in [3.63, 3.8) is 0 Å². The van der Waals surface area contributed by atoms with Gasteiger partial charge in [-0.2, -0.15) is 11.5 Å². The Bertz CT molecular complexity index is 428. The Morgan fingerprint density at radius 2 is 1.09 bits per heavy atom. The van der Waals surface area contributed by atoms with Gasteiger partial charge in [-0.15, -0.1) is 0 Å². The molecule has 0 aromatic carbocycles. The Labute approximate surface area is 143 Å². The van der Waals surface area contributed by atoms with Crippen LogP contribution in [0.1, 0.15) is 67.2 Å². The first-order valence-corrected chi connectivity index (χ1v) is 10.2. The van der Waals surface area contributed by atoms with Crippen LogP contribution in [0.15, 0.2) is 0 Å². The van der Waals surface area contributed by atoms with Crippen molar-refractivity contribution in [1.82, 2.24) is 0 Å². The Morgan fingerprint density at radius 1 is 0.727 bits per heavy atom. The average molecular weight is 321 g/mol. The summed E-state index contributed by atoms with van der Waals surface area (Å²) in [7, 11) is 0. The van der Waals surface area contributed by atoms with Crippen molar-refractivity contribution in [2.24, 2.45) is 46.3 Å². The molecule has 0 amide bonds. The lowest BCUT2D eigenvalue weighted by atomic mass is 9.30. The summed E-state index contributed by atoms with van der Waals surface area (Å²) in [4.78, 5) is 0. The van der Waals surface area contributed by atoms with Crippen LogP contribution in [0.2, 0.25) is 11.6 Å².